The number of hydrogen-bond acceptors (Lipinski definition) is 8. The summed E-state index contributed by atoms with van der Waals surface area (Å²) in [6, 6.07) is 146. The number of fused-ring (bicyclic) bond motifs is 12. The van der Waals surface area contributed by atoms with Gasteiger partial charge in [-0.3, -0.25) is 0 Å². The van der Waals surface area contributed by atoms with Crippen molar-refractivity contribution >= 4 is 107 Å². The third-order valence-corrected chi connectivity index (χ3v) is 24.8. The van der Waals surface area contributed by atoms with E-state index in [0.29, 0.717) is 34.9 Å². The van der Waals surface area contributed by atoms with Crippen LogP contribution in [-0.2, 0) is 0 Å². The lowest BCUT2D eigenvalue weighted by atomic mass is 9.96. The number of nitrogens with zero attached hydrogens (tertiary/aromatic N) is 8. The SMILES string of the molecule is c1ccc(-c2cc(-c3cccc(-c4nc(-c5ccccc5)nc(-c5ccc6c(c5)sc5ccccc56)n4)c3)cc(-n3c4ccccc4c4ccccc43)c2)cc1.c1ccc(-c2ccc(-c3nc(-c4cccc(-c5cccc(-n6c7ccccc7c7c(-c8ccccc8)cccc76)c5)c4)nc(-c4ccc5c(c4)sc4ccccc45)n3)cc2)cc1. The van der Waals surface area contributed by atoms with Gasteiger partial charge in [-0.05, 0) is 147 Å². The molecule has 118 heavy (non-hydrogen) atoms. The van der Waals surface area contributed by atoms with Gasteiger partial charge < -0.3 is 9.13 Å². The summed E-state index contributed by atoms with van der Waals surface area (Å²) < 4.78 is 9.75. The summed E-state index contributed by atoms with van der Waals surface area (Å²) in [7, 11) is 0. The molecule has 0 saturated carbocycles. The summed E-state index contributed by atoms with van der Waals surface area (Å²) in [5, 5.41) is 10.00. The van der Waals surface area contributed by atoms with Crippen molar-refractivity contribution in [3.63, 3.8) is 0 Å². The van der Waals surface area contributed by atoms with Gasteiger partial charge in [-0.1, -0.05) is 322 Å². The predicted octanol–water partition coefficient (Wildman–Crippen LogP) is 29.0. The zero-order valence-corrected chi connectivity index (χ0v) is 65.3. The maximum Gasteiger partial charge on any atom is 0.164 e. The second-order valence-corrected chi connectivity index (χ2v) is 31.8. The largest absolute Gasteiger partial charge is 0.309 e. The van der Waals surface area contributed by atoms with Crippen molar-refractivity contribution < 1.29 is 0 Å². The number of benzene rings is 17. The first-order valence-electron chi connectivity index (χ1n) is 39.6. The van der Waals surface area contributed by atoms with Crippen LogP contribution in [0.1, 0.15) is 0 Å². The quantitative estimate of drug-likeness (QED) is 0.114. The van der Waals surface area contributed by atoms with Crippen LogP contribution in [-0.4, -0.2) is 39.0 Å². The Balaban J connectivity index is 0.000000143. The molecule has 23 aromatic rings. The Kier molecular flexibility index (Phi) is 17.5. The molecule has 0 spiro atoms. The molecule has 0 aliphatic carbocycles. The third-order valence-electron chi connectivity index (χ3n) is 22.5. The monoisotopic (exact) mass is 1540 g/mol. The second kappa shape index (κ2) is 29.6. The third kappa shape index (κ3) is 12.8. The number of aromatic nitrogens is 8. The maximum atomic E-state index is 5.20. The van der Waals surface area contributed by atoms with Gasteiger partial charge >= 0.3 is 0 Å². The fraction of sp³-hybridized carbons (Fsp3) is 0. The van der Waals surface area contributed by atoms with Gasteiger partial charge in [0.2, 0.25) is 0 Å². The zero-order valence-electron chi connectivity index (χ0n) is 63.7. The average Bonchev–Trinajstić information content (AvgIpc) is 1.59. The van der Waals surface area contributed by atoms with Gasteiger partial charge in [-0.15, -0.1) is 22.7 Å². The minimum absolute atomic E-state index is 0.627. The van der Waals surface area contributed by atoms with Crippen molar-refractivity contribution in [2.24, 2.45) is 0 Å². The van der Waals surface area contributed by atoms with E-state index in [-0.39, 0.29) is 0 Å². The van der Waals surface area contributed by atoms with Gasteiger partial charge in [-0.25, -0.2) is 29.9 Å². The molecule has 23 rings (SSSR count). The van der Waals surface area contributed by atoms with Gasteiger partial charge in [-0.2, -0.15) is 0 Å². The highest BCUT2D eigenvalue weighted by Gasteiger charge is 2.22. The van der Waals surface area contributed by atoms with E-state index in [1.807, 2.05) is 24.3 Å². The van der Waals surface area contributed by atoms with Crippen molar-refractivity contribution in [2.75, 3.05) is 0 Å². The Morgan fingerprint density at radius 3 is 0.983 bits per heavy atom. The summed E-state index contributed by atoms with van der Waals surface area (Å²) in [5.74, 6) is 3.83. The number of hydrogen-bond donors (Lipinski definition) is 0. The molecule has 6 heterocycles. The number of para-hydroxylation sites is 3. The molecule has 0 amide bonds. The molecular weight excluding hydrogens is 1470 g/mol. The molecule has 0 fully saturated rings. The highest BCUT2D eigenvalue weighted by atomic mass is 32.1. The van der Waals surface area contributed by atoms with Crippen LogP contribution in [0.25, 0.3) is 219 Å². The molecule has 0 saturated heterocycles. The van der Waals surface area contributed by atoms with Gasteiger partial charge in [0.25, 0.3) is 0 Å². The standard InChI is InChI=1S/C57H36N4S.C51H32N4S/c1-3-14-37(15-4-1)38-28-30-40(31-29-38)55-58-56(60-57(59-55)44-32-33-48-47-22-8-10-27-52(47)62-53(48)36-44)43-20-11-18-41(34-43)42-19-12-21-45(35-42)61-50-25-9-7-23-49(50)54-46(24-13-26-51(54)61)39-16-5-2-6-17-39;1-3-14-33(15-4-1)38-29-39(31-40(30-38)55-45-23-10-7-20-41(45)42-21-8-11-24-46(42)55)35-18-13-19-36(28-35)50-52-49(34-16-5-2-6-17-34)53-51(54-50)37-26-27-44-43-22-9-12-25-47(43)56-48(44)32-37/h1-36H;1-32H. The first kappa shape index (κ1) is 69.5. The molecular formula is C108H68N8S2. The van der Waals surface area contributed by atoms with Crippen LogP contribution < -0.4 is 0 Å². The van der Waals surface area contributed by atoms with Crippen LogP contribution in [0.15, 0.2) is 413 Å². The van der Waals surface area contributed by atoms with Gasteiger partial charge in [0, 0.05) is 107 Å². The van der Waals surface area contributed by atoms with Crippen LogP contribution in [0, 0.1) is 0 Å². The van der Waals surface area contributed by atoms with Crippen molar-refractivity contribution in [2.45, 2.75) is 0 Å². The summed E-state index contributed by atoms with van der Waals surface area (Å²) in [5.41, 5.74) is 24.0. The van der Waals surface area contributed by atoms with E-state index < -0.39 is 0 Å². The second-order valence-electron chi connectivity index (χ2n) is 29.7. The molecule has 10 heteroatoms. The highest BCUT2D eigenvalue weighted by molar-refractivity contribution is 7.26. The van der Waals surface area contributed by atoms with E-state index >= 15 is 0 Å². The predicted molar refractivity (Wildman–Crippen MR) is 494 cm³/mol. The smallest absolute Gasteiger partial charge is 0.164 e. The Morgan fingerprint density at radius 1 is 0.161 bits per heavy atom. The molecule has 6 aromatic heterocycles. The molecule has 0 atom stereocenters. The van der Waals surface area contributed by atoms with Crippen molar-refractivity contribution in [3.05, 3.63) is 413 Å². The molecule has 552 valence electrons. The Hall–Kier alpha value is -15.2. The summed E-state index contributed by atoms with van der Waals surface area (Å²) in [6.45, 7) is 0. The van der Waals surface area contributed by atoms with Crippen LogP contribution in [0.3, 0.4) is 0 Å². The fourth-order valence-corrected chi connectivity index (χ4v) is 19.1. The molecule has 17 aromatic carbocycles. The van der Waals surface area contributed by atoms with Gasteiger partial charge in [0.1, 0.15) is 0 Å². The molecule has 0 N–H and O–H groups in total. The highest BCUT2D eigenvalue weighted by Crippen LogP contribution is 2.44. The molecule has 0 aliphatic heterocycles. The van der Waals surface area contributed by atoms with E-state index in [9.17, 15) is 0 Å². The minimum Gasteiger partial charge on any atom is -0.309 e. The normalized spacial score (nSPS) is 11.6. The Morgan fingerprint density at radius 2 is 0.458 bits per heavy atom. The van der Waals surface area contributed by atoms with Crippen LogP contribution >= 0.6 is 22.7 Å². The van der Waals surface area contributed by atoms with E-state index in [1.165, 1.54) is 101 Å². The lowest BCUT2D eigenvalue weighted by molar-refractivity contribution is 1.07. The fourth-order valence-electron chi connectivity index (χ4n) is 16.8. The molecule has 0 aliphatic rings. The van der Waals surface area contributed by atoms with Crippen molar-refractivity contribution in [1.29, 1.82) is 0 Å². The molecule has 8 nitrogen and oxygen atoms in total. The Labute approximate surface area is 688 Å². The van der Waals surface area contributed by atoms with Crippen LogP contribution in [0.4, 0.5) is 0 Å². The van der Waals surface area contributed by atoms with Gasteiger partial charge in [0.05, 0.1) is 22.1 Å². The van der Waals surface area contributed by atoms with E-state index in [4.69, 9.17) is 29.9 Å². The van der Waals surface area contributed by atoms with Crippen LogP contribution in [0.2, 0.25) is 0 Å². The topological polar surface area (TPSA) is 87.2 Å². The first-order chi connectivity index (χ1) is 58.4. The van der Waals surface area contributed by atoms with Crippen molar-refractivity contribution in [1.82, 2.24) is 39.0 Å². The summed E-state index contributed by atoms with van der Waals surface area (Å²) in [4.78, 5) is 30.8. The van der Waals surface area contributed by atoms with Gasteiger partial charge in [0.15, 0.2) is 34.9 Å². The molecule has 0 bridgehead atoms. The van der Waals surface area contributed by atoms with E-state index in [0.717, 1.165) is 83.7 Å². The van der Waals surface area contributed by atoms with E-state index in [1.54, 1.807) is 22.7 Å². The number of thiophene rings is 2. The van der Waals surface area contributed by atoms with Crippen molar-refractivity contribution in [3.8, 4) is 135 Å². The lowest BCUT2D eigenvalue weighted by Gasteiger charge is -2.15. The Bertz CT molecular complexity index is 7750. The van der Waals surface area contributed by atoms with E-state index in [2.05, 4.69) is 397 Å². The molecule has 0 unspecified atom stereocenters. The molecule has 0 radical (unpaired) electrons. The maximum absolute atomic E-state index is 5.20. The zero-order chi connectivity index (χ0) is 78.0. The lowest BCUT2D eigenvalue weighted by Crippen LogP contribution is -2.00. The average molecular weight is 1540 g/mol. The minimum atomic E-state index is 0.627. The number of rotatable bonds is 13. The summed E-state index contributed by atoms with van der Waals surface area (Å²) >= 11 is 3.60. The first-order valence-corrected chi connectivity index (χ1v) is 41.2. The van der Waals surface area contributed by atoms with Crippen LogP contribution in [0.5, 0.6) is 0 Å². The summed E-state index contributed by atoms with van der Waals surface area (Å²) in [6.07, 6.45) is 0.